The predicted octanol–water partition coefficient (Wildman–Crippen LogP) is 14.9. The number of carbonyl (C=O) groups excluding carboxylic acids is 2. The van der Waals surface area contributed by atoms with E-state index in [2.05, 4.69) is 54.9 Å². The van der Waals surface area contributed by atoms with Crippen LogP contribution in [0, 0.1) is 74.1 Å². The number of aromatic nitrogens is 4. The molecule has 0 fully saturated rings. The van der Waals surface area contributed by atoms with Crippen molar-refractivity contribution in [3.63, 3.8) is 0 Å². The summed E-state index contributed by atoms with van der Waals surface area (Å²) in [6.45, 7) is 8.10. The molecule has 448 valence electrons. The third-order valence-corrected chi connectivity index (χ3v) is 11.9. The summed E-state index contributed by atoms with van der Waals surface area (Å²) in [7, 11) is 0. The number of hydrogen-bond donors (Lipinski definition) is 5. The number of benzene rings is 6. The first-order chi connectivity index (χ1) is 42.1. The summed E-state index contributed by atoms with van der Waals surface area (Å²) < 4.78 is 12.3. The van der Waals surface area contributed by atoms with E-state index in [1.54, 1.807) is 30.6 Å². The number of carbonyl (C=O) groups is 2. The number of Topliss-reactive ketones (excluding diaryl/α,β-unsaturated/α-hetero) is 1. The minimum Gasteiger partial charge on any atom is -0.399 e. The van der Waals surface area contributed by atoms with Crippen molar-refractivity contribution in [2.45, 2.75) is 34.1 Å². The Morgan fingerprint density at radius 2 is 0.841 bits per heavy atom. The molecule has 0 aliphatic heterocycles. The Morgan fingerprint density at radius 1 is 0.455 bits per heavy atom. The molecule has 7 N–H and O–H groups in total. The highest BCUT2D eigenvalue weighted by Crippen LogP contribution is 2.26. The SMILES string of the molecule is Cc1ccc(N)cc1.Cc1ccc(Nc2cccnc2CC(=O)c2ccc([N+](=O)[O-])cc2)cc1.Cc1ccc(Nc2cccnc2N)cc1.Cc1ccc(Nc2cccnc2[N+](=O)[O-])cc1.O=C(Cl)c1ccc([N+](=O)[O-])cc1.O=[N+]([O-])c1cccnc1F. The van der Waals surface area contributed by atoms with Crippen LogP contribution in [0.15, 0.2) is 219 Å². The van der Waals surface area contributed by atoms with Gasteiger partial charge in [-0.25, -0.2) is 9.97 Å². The van der Waals surface area contributed by atoms with E-state index in [-0.39, 0.29) is 35.0 Å². The maximum absolute atomic E-state index is 12.5. The lowest BCUT2D eigenvalue weighted by molar-refractivity contribution is -0.388. The van der Waals surface area contributed by atoms with Gasteiger partial charge in [-0.05, 0) is 164 Å². The van der Waals surface area contributed by atoms with Gasteiger partial charge in [0, 0.05) is 82.8 Å². The number of nitrogens with one attached hydrogen (secondary N) is 3. The number of ketones is 1. The Bertz CT molecular complexity index is 3890. The van der Waals surface area contributed by atoms with E-state index in [0.717, 1.165) is 57.5 Å². The fourth-order valence-corrected chi connectivity index (χ4v) is 7.18. The summed E-state index contributed by atoms with van der Waals surface area (Å²) in [5.41, 5.74) is 22.1. The number of pyridine rings is 4. The van der Waals surface area contributed by atoms with Crippen LogP contribution in [0.5, 0.6) is 0 Å². The lowest BCUT2D eigenvalue weighted by Gasteiger charge is -2.11. The first-order valence-electron chi connectivity index (χ1n) is 26.1. The number of aryl methyl sites for hydroxylation is 4. The van der Waals surface area contributed by atoms with Gasteiger partial charge in [0.2, 0.25) is 0 Å². The van der Waals surface area contributed by atoms with Gasteiger partial charge in [-0.2, -0.15) is 4.39 Å². The van der Waals surface area contributed by atoms with Crippen molar-refractivity contribution < 1.29 is 33.7 Å². The number of rotatable bonds is 14. The van der Waals surface area contributed by atoms with Crippen molar-refractivity contribution in [3.8, 4) is 0 Å². The molecule has 0 saturated carbocycles. The number of nitro groups is 4. The Kier molecular flexibility index (Phi) is 25.8. The number of halogens is 2. The molecular formula is C63H57ClFN13O10. The average molecular weight is 1210 g/mol. The molecule has 0 spiro atoms. The molecule has 4 aromatic heterocycles. The van der Waals surface area contributed by atoms with Gasteiger partial charge in [0.05, 0.1) is 38.3 Å². The summed E-state index contributed by atoms with van der Waals surface area (Å²) in [5.74, 6) is -0.857. The third kappa shape index (κ3) is 22.7. The van der Waals surface area contributed by atoms with Crippen LogP contribution >= 0.6 is 11.6 Å². The zero-order valence-electron chi connectivity index (χ0n) is 47.6. The van der Waals surface area contributed by atoms with E-state index in [0.29, 0.717) is 22.8 Å². The number of nitrogens with zero attached hydrogens (tertiary/aromatic N) is 8. The standard InChI is InChI=1S/C20H17N3O3.C12H11N3O2.C12H13N3.C7H4ClNO3.C7H9N.C5H3FN2O2/c1-14-4-8-16(9-5-14)22-18-3-2-12-21-19(18)13-20(24)15-6-10-17(11-7-15)23(25)26;1-9-4-6-10(7-5-9)14-11-3-2-8-13-12(11)15(16)17;1-9-4-6-10(7-5-9)15-11-3-2-8-14-12(11)13;8-7(10)5-1-3-6(4-2-5)9(11)12;1-6-2-4-7(8)5-3-6;6-5-4(8(9)10)2-1-3-7-5/h2-12,22H,13H2,1H3;2-8,14H,1H3;2-8,15H,1H3,(H2,13,14);1-4H;2-5H,8H2,1H3;1-3H. The molecule has 25 heteroatoms. The van der Waals surface area contributed by atoms with Crippen molar-refractivity contribution in [2.24, 2.45) is 0 Å². The molecule has 88 heavy (non-hydrogen) atoms. The van der Waals surface area contributed by atoms with Crippen LogP contribution in [0.4, 0.5) is 72.9 Å². The summed E-state index contributed by atoms with van der Waals surface area (Å²) in [4.78, 5) is 77.4. The van der Waals surface area contributed by atoms with E-state index < -0.39 is 36.6 Å². The molecule has 10 aromatic rings. The summed E-state index contributed by atoms with van der Waals surface area (Å²) >= 11 is 5.13. The van der Waals surface area contributed by atoms with Crippen LogP contribution in [0.25, 0.3) is 0 Å². The van der Waals surface area contributed by atoms with Gasteiger partial charge in [0.15, 0.2) is 5.78 Å². The Hall–Kier alpha value is -11.9. The van der Waals surface area contributed by atoms with E-state index in [1.165, 1.54) is 71.9 Å². The number of hydrogen-bond acceptors (Lipinski definition) is 19. The molecule has 0 saturated heterocycles. The first kappa shape index (κ1) is 66.9. The molecule has 0 bridgehead atoms. The van der Waals surface area contributed by atoms with Gasteiger partial charge in [-0.15, -0.1) is 0 Å². The molecule has 0 aliphatic rings. The summed E-state index contributed by atoms with van der Waals surface area (Å²) in [6.07, 6.45) is 5.97. The molecule has 23 nitrogen and oxygen atoms in total. The molecule has 0 aliphatic carbocycles. The molecule has 6 aromatic carbocycles. The highest BCUT2D eigenvalue weighted by Gasteiger charge is 2.16. The first-order valence-corrected chi connectivity index (χ1v) is 26.5. The van der Waals surface area contributed by atoms with Crippen molar-refractivity contribution in [2.75, 3.05) is 27.4 Å². The van der Waals surface area contributed by atoms with Crippen molar-refractivity contribution in [1.82, 2.24) is 19.9 Å². The van der Waals surface area contributed by atoms with Gasteiger partial charge in [-0.1, -0.05) is 70.8 Å². The lowest BCUT2D eigenvalue weighted by atomic mass is 10.0. The van der Waals surface area contributed by atoms with Gasteiger partial charge >= 0.3 is 11.5 Å². The van der Waals surface area contributed by atoms with Gasteiger partial charge in [0.1, 0.15) is 17.7 Å². The van der Waals surface area contributed by atoms with Crippen LogP contribution in [0.1, 0.15) is 48.7 Å². The zero-order chi connectivity index (χ0) is 64.1. The van der Waals surface area contributed by atoms with Gasteiger partial charge in [0.25, 0.3) is 22.6 Å². The maximum Gasteiger partial charge on any atom is 0.387 e. The lowest BCUT2D eigenvalue weighted by Crippen LogP contribution is -2.07. The molecule has 0 radical (unpaired) electrons. The summed E-state index contributed by atoms with van der Waals surface area (Å²) in [6, 6.07) is 55.2. The van der Waals surface area contributed by atoms with E-state index in [4.69, 9.17) is 23.1 Å². The minimum atomic E-state index is -1.05. The minimum absolute atomic E-state index is 0.0406. The monoisotopic (exact) mass is 1210 g/mol. The van der Waals surface area contributed by atoms with Crippen molar-refractivity contribution in [3.05, 3.63) is 304 Å². The number of nitrogens with two attached hydrogens (primary N) is 2. The zero-order valence-corrected chi connectivity index (χ0v) is 48.3. The van der Waals surface area contributed by atoms with Crippen molar-refractivity contribution in [1.29, 1.82) is 0 Å². The number of nitro benzene ring substituents is 2. The second kappa shape index (κ2) is 34.0. The number of non-ortho nitro benzene ring substituents is 2. The topological polar surface area (TPSA) is 346 Å². The Labute approximate surface area is 508 Å². The Morgan fingerprint density at radius 3 is 1.25 bits per heavy atom. The van der Waals surface area contributed by atoms with Crippen molar-refractivity contribution >= 4 is 91.1 Å². The largest absolute Gasteiger partial charge is 0.399 e. The second-order valence-electron chi connectivity index (χ2n) is 18.5. The summed E-state index contributed by atoms with van der Waals surface area (Å²) in [5, 5.41) is 50.4. The predicted molar refractivity (Wildman–Crippen MR) is 338 cm³/mol. The van der Waals surface area contributed by atoms with Gasteiger partial charge < -0.3 is 37.5 Å². The maximum atomic E-state index is 12.5. The number of anilines is 8. The Balaban J connectivity index is 0.000000201. The van der Waals surface area contributed by atoms with E-state index in [1.807, 2.05) is 124 Å². The van der Waals surface area contributed by atoms with Crippen LogP contribution in [-0.2, 0) is 6.42 Å². The fraction of sp³-hybridized carbons (Fsp3) is 0.0794. The van der Waals surface area contributed by atoms with Crippen LogP contribution in [-0.4, -0.2) is 50.7 Å². The molecule has 0 atom stereocenters. The average Bonchev–Trinajstić information content (AvgIpc) is 3.60. The molecule has 0 amide bonds. The van der Waals surface area contributed by atoms with E-state index >= 15 is 0 Å². The van der Waals surface area contributed by atoms with Crippen LogP contribution in [0.2, 0.25) is 0 Å². The van der Waals surface area contributed by atoms with E-state index in [9.17, 15) is 54.4 Å². The molecular weight excluding hydrogens is 1150 g/mol. The molecule has 0 unspecified atom stereocenters. The highest BCUT2D eigenvalue weighted by atomic mass is 35.5. The highest BCUT2D eigenvalue weighted by molar-refractivity contribution is 6.67. The second-order valence-corrected chi connectivity index (χ2v) is 18.8. The fourth-order valence-electron chi connectivity index (χ4n) is 7.05. The third-order valence-electron chi connectivity index (χ3n) is 11.7. The quantitative estimate of drug-likeness (QED) is 0.0169. The smallest absolute Gasteiger partial charge is 0.387 e. The number of nitrogen functional groups attached to an aromatic ring is 2. The van der Waals surface area contributed by atoms with Crippen LogP contribution in [0.3, 0.4) is 0 Å². The van der Waals surface area contributed by atoms with Gasteiger partial charge in [-0.3, -0.25) is 44.9 Å². The molecule has 4 heterocycles. The normalized spacial score (nSPS) is 9.84. The molecule has 10 rings (SSSR count). The van der Waals surface area contributed by atoms with Crippen LogP contribution < -0.4 is 27.4 Å².